The average molecular weight is 204 g/mol. The predicted molar refractivity (Wildman–Crippen MR) is 60.7 cm³/mol. The Morgan fingerprint density at radius 3 is 2.67 bits per heavy atom. The number of hydrogen-bond donors (Lipinski definition) is 0. The number of hydrogen-bond acceptors (Lipinski definition) is 2. The van der Waals surface area contributed by atoms with Crippen LogP contribution in [0, 0.1) is 0 Å². The number of methoxy groups -OCH3 is 2. The van der Waals surface area contributed by atoms with Crippen LogP contribution in [0.15, 0.2) is 30.4 Å². The van der Waals surface area contributed by atoms with Gasteiger partial charge in [0.1, 0.15) is 11.5 Å². The molecule has 0 saturated carbocycles. The minimum absolute atomic E-state index is 0.505. The summed E-state index contributed by atoms with van der Waals surface area (Å²) in [6.45, 7) is 0. The second-order valence-corrected chi connectivity index (χ2v) is 3.72. The molecule has 1 aromatic rings. The number of allylic oxidation sites excluding steroid dienone is 2. The Bertz CT molecular complexity index is 369. The summed E-state index contributed by atoms with van der Waals surface area (Å²) >= 11 is 0. The van der Waals surface area contributed by atoms with Crippen LogP contribution in [-0.2, 0) is 0 Å². The van der Waals surface area contributed by atoms with Gasteiger partial charge in [-0.15, -0.1) is 0 Å². The van der Waals surface area contributed by atoms with Crippen LogP contribution in [-0.4, -0.2) is 14.2 Å². The molecule has 1 aromatic carbocycles. The first-order valence-corrected chi connectivity index (χ1v) is 5.23. The van der Waals surface area contributed by atoms with E-state index >= 15 is 0 Å². The van der Waals surface area contributed by atoms with Crippen molar-refractivity contribution >= 4 is 0 Å². The van der Waals surface area contributed by atoms with Crippen molar-refractivity contribution in [1.82, 2.24) is 0 Å². The van der Waals surface area contributed by atoms with Crippen LogP contribution in [0.1, 0.15) is 24.3 Å². The van der Waals surface area contributed by atoms with Gasteiger partial charge in [0, 0.05) is 17.5 Å². The fourth-order valence-electron chi connectivity index (χ4n) is 2.02. The van der Waals surface area contributed by atoms with Gasteiger partial charge in [-0.3, -0.25) is 0 Å². The van der Waals surface area contributed by atoms with Crippen molar-refractivity contribution in [1.29, 1.82) is 0 Å². The quantitative estimate of drug-likeness (QED) is 0.704. The molecule has 1 unspecified atom stereocenters. The van der Waals surface area contributed by atoms with Gasteiger partial charge in [-0.25, -0.2) is 0 Å². The number of rotatable bonds is 3. The summed E-state index contributed by atoms with van der Waals surface area (Å²) in [6.07, 6.45) is 6.83. The van der Waals surface area contributed by atoms with Crippen LogP contribution in [0.4, 0.5) is 0 Å². The van der Waals surface area contributed by atoms with Gasteiger partial charge in [0.25, 0.3) is 0 Å². The minimum atomic E-state index is 0.505. The van der Waals surface area contributed by atoms with Crippen LogP contribution in [0.3, 0.4) is 0 Å². The van der Waals surface area contributed by atoms with Crippen LogP contribution in [0.2, 0.25) is 0 Å². The van der Waals surface area contributed by atoms with Crippen LogP contribution in [0.5, 0.6) is 11.5 Å². The smallest absolute Gasteiger partial charge is 0.126 e. The van der Waals surface area contributed by atoms with Crippen molar-refractivity contribution in [2.45, 2.75) is 18.8 Å². The molecule has 0 aromatic heterocycles. The van der Waals surface area contributed by atoms with Crippen LogP contribution >= 0.6 is 0 Å². The Morgan fingerprint density at radius 1 is 1.20 bits per heavy atom. The first kappa shape index (κ1) is 10.1. The summed E-state index contributed by atoms with van der Waals surface area (Å²) in [6, 6.07) is 6.03. The minimum Gasteiger partial charge on any atom is -0.497 e. The molecular formula is C13H16O2. The Hall–Kier alpha value is -1.44. The lowest BCUT2D eigenvalue weighted by molar-refractivity contribution is 0.390. The fraction of sp³-hybridized carbons (Fsp3) is 0.385. The van der Waals surface area contributed by atoms with Gasteiger partial charge in [-0.1, -0.05) is 18.2 Å². The molecule has 0 heterocycles. The summed E-state index contributed by atoms with van der Waals surface area (Å²) in [7, 11) is 3.38. The highest BCUT2D eigenvalue weighted by Crippen LogP contribution is 2.36. The third-order valence-corrected chi connectivity index (χ3v) is 2.85. The summed E-state index contributed by atoms with van der Waals surface area (Å²) < 4.78 is 10.6. The number of ether oxygens (including phenoxy) is 2. The maximum Gasteiger partial charge on any atom is 0.126 e. The molecule has 2 nitrogen and oxygen atoms in total. The van der Waals surface area contributed by atoms with E-state index in [1.165, 1.54) is 18.4 Å². The van der Waals surface area contributed by atoms with Crippen molar-refractivity contribution in [3.05, 3.63) is 35.9 Å². The molecule has 1 atom stereocenters. The standard InChI is InChI=1S/C13H16O2/c1-14-11-7-8-12(13(9-11)15-2)10-5-3-4-6-10/h3,5,7-10H,4,6H2,1-2H3. The molecular weight excluding hydrogens is 188 g/mol. The van der Waals surface area contributed by atoms with Crippen molar-refractivity contribution in [3.63, 3.8) is 0 Å². The Labute approximate surface area is 90.5 Å². The molecule has 0 amide bonds. The summed E-state index contributed by atoms with van der Waals surface area (Å²) in [5.74, 6) is 2.27. The van der Waals surface area contributed by atoms with Crippen molar-refractivity contribution in [2.75, 3.05) is 14.2 Å². The largest absolute Gasteiger partial charge is 0.497 e. The molecule has 0 radical (unpaired) electrons. The maximum absolute atomic E-state index is 5.39. The van der Waals surface area contributed by atoms with E-state index in [9.17, 15) is 0 Å². The molecule has 80 valence electrons. The van der Waals surface area contributed by atoms with E-state index in [4.69, 9.17) is 9.47 Å². The third-order valence-electron chi connectivity index (χ3n) is 2.85. The molecule has 2 heteroatoms. The zero-order valence-electron chi connectivity index (χ0n) is 9.19. The van der Waals surface area contributed by atoms with Gasteiger partial charge in [-0.2, -0.15) is 0 Å². The molecule has 0 fully saturated rings. The molecule has 0 bridgehead atoms. The van der Waals surface area contributed by atoms with E-state index in [-0.39, 0.29) is 0 Å². The van der Waals surface area contributed by atoms with Crippen LogP contribution < -0.4 is 9.47 Å². The lowest BCUT2D eigenvalue weighted by Crippen LogP contribution is -1.97. The van der Waals surface area contributed by atoms with Gasteiger partial charge in [0.2, 0.25) is 0 Å². The molecule has 15 heavy (non-hydrogen) atoms. The second kappa shape index (κ2) is 4.39. The normalized spacial score (nSPS) is 19.2. The lowest BCUT2D eigenvalue weighted by atomic mass is 9.97. The van der Waals surface area contributed by atoms with Gasteiger partial charge in [0.15, 0.2) is 0 Å². The fourth-order valence-corrected chi connectivity index (χ4v) is 2.02. The first-order chi connectivity index (χ1) is 7.35. The Morgan fingerprint density at radius 2 is 2.07 bits per heavy atom. The highest BCUT2D eigenvalue weighted by Gasteiger charge is 2.16. The van der Waals surface area contributed by atoms with Crippen molar-refractivity contribution in [3.8, 4) is 11.5 Å². The van der Waals surface area contributed by atoms with Crippen molar-refractivity contribution < 1.29 is 9.47 Å². The van der Waals surface area contributed by atoms with Gasteiger partial charge >= 0.3 is 0 Å². The van der Waals surface area contributed by atoms with E-state index in [0.29, 0.717) is 5.92 Å². The van der Waals surface area contributed by atoms with E-state index in [2.05, 4.69) is 18.2 Å². The summed E-state index contributed by atoms with van der Waals surface area (Å²) in [4.78, 5) is 0. The zero-order valence-corrected chi connectivity index (χ0v) is 9.19. The molecule has 2 rings (SSSR count). The van der Waals surface area contributed by atoms with Gasteiger partial charge in [0.05, 0.1) is 14.2 Å². The molecule has 1 aliphatic rings. The first-order valence-electron chi connectivity index (χ1n) is 5.23. The summed E-state index contributed by atoms with van der Waals surface area (Å²) in [5, 5.41) is 0. The van der Waals surface area contributed by atoms with E-state index in [1.807, 2.05) is 12.1 Å². The Kier molecular flexibility index (Phi) is 2.95. The highest BCUT2D eigenvalue weighted by molar-refractivity contribution is 5.44. The monoisotopic (exact) mass is 204 g/mol. The lowest BCUT2D eigenvalue weighted by Gasteiger charge is -2.14. The van der Waals surface area contributed by atoms with E-state index in [0.717, 1.165) is 11.5 Å². The Balaban J connectivity index is 2.33. The SMILES string of the molecule is COc1ccc(C2C=CCC2)c(OC)c1. The number of benzene rings is 1. The van der Waals surface area contributed by atoms with Gasteiger partial charge < -0.3 is 9.47 Å². The highest BCUT2D eigenvalue weighted by atomic mass is 16.5. The zero-order chi connectivity index (χ0) is 10.7. The molecule has 0 aliphatic heterocycles. The topological polar surface area (TPSA) is 18.5 Å². The predicted octanol–water partition coefficient (Wildman–Crippen LogP) is 3.14. The molecule has 0 saturated heterocycles. The summed E-state index contributed by atoms with van der Waals surface area (Å²) in [5.41, 5.74) is 1.26. The maximum atomic E-state index is 5.39. The molecule has 0 spiro atoms. The molecule has 0 N–H and O–H groups in total. The van der Waals surface area contributed by atoms with Gasteiger partial charge in [-0.05, 0) is 18.9 Å². The molecule has 1 aliphatic carbocycles. The van der Waals surface area contributed by atoms with Crippen LogP contribution in [0.25, 0.3) is 0 Å². The van der Waals surface area contributed by atoms with Crippen molar-refractivity contribution in [2.24, 2.45) is 0 Å². The second-order valence-electron chi connectivity index (χ2n) is 3.72. The third kappa shape index (κ3) is 1.99. The average Bonchev–Trinajstić information content (AvgIpc) is 2.81. The van der Waals surface area contributed by atoms with E-state index < -0.39 is 0 Å². The van der Waals surface area contributed by atoms with E-state index in [1.54, 1.807) is 14.2 Å².